The summed E-state index contributed by atoms with van der Waals surface area (Å²) in [7, 11) is 1.35. The van der Waals surface area contributed by atoms with Gasteiger partial charge in [-0.25, -0.2) is 4.98 Å². The SMILES string of the molecule is COC(=O)C(C)Sc1ccccc1C(=O)Nc1cccc(OCCn2ccnc2)c1. The van der Waals surface area contributed by atoms with Gasteiger partial charge in [-0.15, -0.1) is 11.8 Å². The number of thioether (sulfide) groups is 1. The van der Waals surface area contributed by atoms with Crippen LogP contribution in [0.3, 0.4) is 0 Å². The fraction of sp³-hybridized carbons (Fsp3) is 0.227. The van der Waals surface area contributed by atoms with E-state index in [0.29, 0.717) is 35.0 Å². The standard InChI is InChI=1S/C22H23N3O4S/c1-16(22(27)28-2)30-20-9-4-3-8-19(20)21(26)24-17-6-5-7-18(14-17)29-13-12-25-11-10-23-15-25/h3-11,14-16H,12-13H2,1-2H3,(H,24,26). The number of hydrogen-bond donors (Lipinski definition) is 1. The number of amides is 1. The molecule has 0 aliphatic carbocycles. The van der Waals surface area contributed by atoms with Crippen LogP contribution in [-0.2, 0) is 16.1 Å². The van der Waals surface area contributed by atoms with E-state index in [9.17, 15) is 9.59 Å². The highest BCUT2D eigenvalue weighted by atomic mass is 32.2. The van der Waals surface area contributed by atoms with Gasteiger partial charge in [-0.2, -0.15) is 0 Å². The Labute approximate surface area is 179 Å². The molecule has 0 radical (unpaired) electrons. The highest BCUT2D eigenvalue weighted by Crippen LogP contribution is 2.28. The van der Waals surface area contributed by atoms with E-state index in [1.54, 1.807) is 43.7 Å². The molecule has 0 fully saturated rings. The summed E-state index contributed by atoms with van der Waals surface area (Å²) in [4.78, 5) is 29.3. The number of ether oxygens (including phenoxy) is 2. The second-order valence-corrected chi connectivity index (χ2v) is 7.79. The van der Waals surface area contributed by atoms with Crippen molar-refractivity contribution in [3.8, 4) is 5.75 Å². The Kier molecular flexibility index (Phi) is 7.51. The molecule has 1 N–H and O–H groups in total. The Morgan fingerprint density at radius 1 is 1.20 bits per heavy atom. The monoisotopic (exact) mass is 425 g/mol. The topological polar surface area (TPSA) is 82.5 Å². The fourth-order valence-electron chi connectivity index (χ4n) is 2.71. The predicted octanol–water partition coefficient (Wildman–Crippen LogP) is 3.87. The Morgan fingerprint density at radius 2 is 2.03 bits per heavy atom. The lowest BCUT2D eigenvalue weighted by Gasteiger charge is -2.13. The predicted molar refractivity (Wildman–Crippen MR) is 116 cm³/mol. The molecule has 3 aromatic rings. The van der Waals surface area contributed by atoms with Crippen molar-refractivity contribution in [2.75, 3.05) is 19.0 Å². The van der Waals surface area contributed by atoms with Gasteiger partial charge in [-0.3, -0.25) is 9.59 Å². The van der Waals surface area contributed by atoms with Crippen LogP contribution in [0.25, 0.3) is 0 Å². The molecule has 1 heterocycles. The number of imidazole rings is 1. The summed E-state index contributed by atoms with van der Waals surface area (Å²) in [5.74, 6) is 0.0661. The molecule has 8 heteroatoms. The summed E-state index contributed by atoms with van der Waals surface area (Å²) in [6.07, 6.45) is 5.32. The highest BCUT2D eigenvalue weighted by molar-refractivity contribution is 8.00. The molecule has 2 aromatic carbocycles. The summed E-state index contributed by atoms with van der Waals surface area (Å²) < 4.78 is 12.5. The van der Waals surface area contributed by atoms with Gasteiger partial charge < -0.3 is 19.4 Å². The zero-order valence-corrected chi connectivity index (χ0v) is 17.6. The number of aromatic nitrogens is 2. The first-order valence-corrected chi connectivity index (χ1v) is 10.3. The Morgan fingerprint density at radius 3 is 2.80 bits per heavy atom. The number of carbonyl (C=O) groups excluding carboxylic acids is 2. The second kappa shape index (κ2) is 10.5. The number of benzene rings is 2. The average Bonchev–Trinajstić information content (AvgIpc) is 3.27. The minimum Gasteiger partial charge on any atom is -0.492 e. The van der Waals surface area contributed by atoms with Gasteiger partial charge in [0.05, 0.1) is 25.5 Å². The molecule has 0 saturated heterocycles. The first-order valence-electron chi connectivity index (χ1n) is 9.40. The summed E-state index contributed by atoms with van der Waals surface area (Å²) >= 11 is 1.29. The van der Waals surface area contributed by atoms with Gasteiger partial charge in [0, 0.05) is 29.0 Å². The van der Waals surface area contributed by atoms with Crippen LogP contribution < -0.4 is 10.1 Å². The fourth-order valence-corrected chi connectivity index (χ4v) is 3.73. The van der Waals surface area contributed by atoms with Crippen molar-refractivity contribution in [3.05, 3.63) is 72.8 Å². The molecular weight excluding hydrogens is 402 g/mol. The van der Waals surface area contributed by atoms with E-state index in [-0.39, 0.29) is 11.9 Å². The number of anilines is 1. The number of nitrogens with zero attached hydrogens (tertiary/aromatic N) is 2. The number of rotatable bonds is 9. The number of carbonyl (C=O) groups is 2. The van der Waals surface area contributed by atoms with Crippen molar-refractivity contribution in [1.82, 2.24) is 9.55 Å². The summed E-state index contributed by atoms with van der Waals surface area (Å²) in [5, 5.41) is 2.48. The number of esters is 1. The van der Waals surface area contributed by atoms with Crippen LogP contribution in [0.4, 0.5) is 5.69 Å². The van der Waals surface area contributed by atoms with E-state index in [0.717, 1.165) is 0 Å². The van der Waals surface area contributed by atoms with Crippen LogP contribution in [0.15, 0.2) is 72.1 Å². The van der Waals surface area contributed by atoms with Gasteiger partial charge in [0.15, 0.2) is 0 Å². The molecule has 0 aliphatic heterocycles. The second-order valence-electron chi connectivity index (χ2n) is 6.41. The van der Waals surface area contributed by atoms with Crippen LogP contribution in [0, 0.1) is 0 Å². The van der Waals surface area contributed by atoms with E-state index in [1.165, 1.54) is 18.9 Å². The van der Waals surface area contributed by atoms with Gasteiger partial charge >= 0.3 is 5.97 Å². The van der Waals surface area contributed by atoms with Crippen molar-refractivity contribution < 1.29 is 19.1 Å². The van der Waals surface area contributed by atoms with Crippen LogP contribution in [0.1, 0.15) is 17.3 Å². The van der Waals surface area contributed by atoms with Crippen molar-refractivity contribution in [1.29, 1.82) is 0 Å². The molecule has 156 valence electrons. The molecule has 0 aliphatic rings. The van der Waals surface area contributed by atoms with Crippen molar-refractivity contribution in [2.24, 2.45) is 0 Å². The zero-order chi connectivity index (χ0) is 21.3. The molecule has 1 aromatic heterocycles. The minimum absolute atomic E-state index is 0.259. The van der Waals surface area contributed by atoms with E-state index >= 15 is 0 Å². The molecule has 1 unspecified atom stereocenters. The Hall–Kier alpha value is -3.26. The van der Waals surface area contributed by atoms with Crippen molar-refractivity contribution >= 4 is 29.3 Å². The van der Waals surface area contributed by atoms with Gasteiger partial charge in [-0.05, 0) is 31.2 Å². The number of nitrogens with one attached hydrogen (secondary N) is 1. The largest absolute Gasteiger partial charge is 0.492 e. The van der Waals surface area contributed by atoms with Gasteiger partial charge in [0.2, 0.25) is 0 Å². The van der Waals surface area contributed by atoms with Crippen LogP contribution >= 0.6 is 11.8 Å². The van der Waals surface area contributed by atoms with Crippen LogP contribution in [0.5, 0.6) is 5.75 Å². The Balaban J connectivity index is 1.64. The van der Waals surface area contributed by atoms with Crippen molar-refractivity contribution in [3.63, 3.8) is 0 Å². The van der Waals surface area contributed by atoms with E-state index in [1.807, 2.05) is 35.0 Å². The number of hydrogen-bond acceptors (Lipinski definition) is 6. The third kappa shape index (κ3) is 5.87. The minimum atomic E-state index is -0.420. The number of methoxy groups -OCH3 is 1. The van der Waals surface area contributed by atoms with Gasteiger partial charge in [-0.1, -0.05) is 18.2 Å². The highest BCUT2D eigenvalue weighted by Gasteiger charge is 2.19. The lowest BCUT2D eigenvalue weighted by atomic mass is 10.2. The lowest BCUT2D eigenvalue weighted by molar-refractivity contribution is -0.139. The first kappa shape index (κ1) is 21.4. The maximum atomic E-state index is 12.8. The molecule has 0 bridgehead atoms. The van der Waals surface area contributed by atoms with Crippen LogP contribution in [-0.4, -0.2) is 40.4 Å². The van der Waals surface area contributed by atoms with Crippen LogP contribution in [0.2, 0.25) is 0 Å². The van der Waals surface area contributed by atoms with Gasteiger partial charge in [0.1, 0.15) is 17.6 Å². The maximum absolute atomic E-state index is 12.8. The zero-order valence-electron chi connectivity index (χ0n) is 16.8. The normalized spacial score (nSPS) is 11.5. The van der Waals surface area contributed by atoms with E-state index in [2.05, 4.69) is 10.3 Å². The molecule has 30 heavy (non-hydrogen) atoms. The van der Waals surface area contributed by atoms with E-state index < -0.39 is 5.25 Å². The third-order valence-electron chi connectivity index (χ3n) is 4.24. The summed E-state index contributed by atoms with van der Waals surface area (Å²) in [6.45, 7) is 2.91. The van der Waals surface area contributed by atoms with Gasteiger partial charge in [0.25, 0.3) is 5.91 Å². The first-order chi connectivity index (χ1) is 14.6. The molecule has 0 saturated carbocycles. The molecule has 3 rings (SSSR count). The van der Waals surface area contributed by atoms with Crippen molar-refractivity contribution in [2.45, 2.75) is 23.6 Å². The lowest BCUT2D eigenvalue weighted by Crippen LogP contribution is -2.17. The molecule has 1 amide bonds. The Bertz CT molecular complexity index is 992. The molecule has 7 nitrogen and oxygen atoms in total. The summed E-state index contributed by atoms with van der Waals surface area (Å²) in [6, 6.07) is 14.4. The third-order valence-corrected chi connectivity index (χ3v) is 5.39. The molecule has 0 spiro atoms. The maximum Gasteiger partial charge on any atom is 0.318 e. The molecular formula is C22H23N3O4S. The quantitative estimate of drug-likeness (QED) is 0.414. The molecule has 1 atom stereocenters. The average molecular weight is 426 g/mol. The summed E-state index contributed by atoms with van der Waals surface area (Å²) in [5.41, 5.74) is 1.12. The smallest absolute Gasteiger partial charge is 0.318 e. The van der Waals surface area contributed by atoms with E-state index in [4.69, 9.17) is 9.47 Å².